The van der Waals surface area contributed by atoms with Crippen molar-refractivity contribution >= 4 is 17.1 Å². The molecule has 5 atom stereocenters. The molecule has 5 nitrogen and oxygen atoms in total. The van der Waals surface area contributed by atoms with Crippen molar-refractivity contribution in [3.8, 4) is 11.5 Å². The number of hydrogen-bond acceptors (Lipinski definition) is 5. The SMILES string of the molecule is CC(C)C1=C[C@@H]2[C@@H]3C(=O)C(c4ccc(O)cc4)=C[C@]3(c3ccc(O)cc3)[C@H]1C(=O)[C@@]2(C)O. The molecule has 0 spiro atoms. The monoisotopic (exact) mass is 430 g/mol. The van der Waals surface area contributed by atoms with Crippen LogP contribution >= 0.6 is 0 Å². The van der Waals surface area contributed by atoms with Crippen molar-refractivity contribution in [1.82, 2.24) is 0 Å². The molecule has 2 bridgehead atoms. The Kier molecular flexibility index (Phi) is 4.31. The second kappa shape index (κ2) is 6.66. The molecule has 4 aliphatic rings. The second-order valence-corrected chi connectivity index (χ2v) is 9.72. The lowest BCUT2D eigenvalue weighted by atomic mass is 9.44. The van der Waals surface area contributed by atoms with E-state index in [1.807, 2.05) is 26.0 Å². The van der Waals surface area contributed by atoms with E-state index in [1.54, 1.807) is 36.4 Å². The van der Waals surface area contributed by atoms with Gasteiger partial charge >= 0.3 is 0 Å². The molecular weight excluding hydrogens is 404 g/mol. The summed E-state index contributed by atoms with van der Waals surface area (Å²) in [7, 11) is 0. The van der Waals surface area contributed by atoms with Crippen molar-refractivity contribution in [3.05, 3.63) is 77.4 Å². The molecule has 3 N–H and O–H groups in total. The van der Waals surface area contributed by atoms with Crippen molar-refractivity contribution in [1.29, 1.82) is 0 Å². The van der Waals surface area contributed by atoms with Gasteiger partial charge < -0.3 is 15.3 Å². The van der Waals surface area contributed by atoms with Crippen molar-refractivity contribution in [3.63, 3.8) is 0 Å². The number of phenolic OH excluding ortho intramolecular Hbond substituents is 2. The molecule has 0 radical (unpaired) electrons. The number of allylic oxidation sites excluding steroid dienone is 3. The summed E-state index contributed by atoms with van der Waals surface area (Å²) in [6.07, 6.45) is 3.85. The summed E-state index contributed by atoms with van der Waals surface area (Å²) in [5.41, 5.74) is 0.276. The van der Waals surface area contributed by atoms with E-state index in [4.69, 9.17) is 0 Å². The third-order valence-corrected chi connectivity index (χ3v) is 7.61. The largest absolute Gasteiger partial charge is 0.508 e. The zero-order valence-corrected chi connectivity index (χ0v) is 18.2. The number of carbonyl (C=O) groups is 2. The molecule has 2 aromatic rings. The fourth-order valence-corrected chi connectivity index (χ4v) is 6.07. The van der Waals surface area contributed by atoms with E-state index in [2.05, 4.69) is 0 Å². The van der Waals surface area contributed by atoms with Crippen LogP contribution in [0.25, 0.3) is 5.57 Å². The number of rotatable bonds is 3. The number of hydrogen-bond donors (Lipinski definition) is 3. The Hall–Kier alpha value is -3.18. The Labute approximate surface area is 186 Å². The summed E-state index contributed by atoms with van der Waals surface area (Å²) in [4.78, 5) is 27.6. The number of ketones is 2. The smallest absolute Gasteiger partial charge is 0.173 e. The molecule has 0 aliphatic heterocycles. The lowest BCUT2D eigenvalue weighted by molar-refractivity contribution is -0.161. The number of benzene rings is 2. The van der Waals surface area contributed by atoms with Gasteiger partial charge in [-0.05, 0) is 48.2 Å². The van der Waals surface area contributed by atoms with Crippen LogP contribution in [0.2, 0.25) is 0 Å². The predicted octanol–water partition coefficient (Wildman–Crippen LogP) is 3.78. The molecule has 0 aromatic heterocycles. The highest BCUT2D eigenvalue weighted by atomic mass is 16.3. The predicted molar refractivity (Wildman–Crippen MR) is 120 cm³/mol. The molecule has 32 heavy (non-hydrogen) atoms. The maximum Gasteiger partial charge on any atom is 0.173 e. The van der Waals surface area contributed by atoms with E-state index in [0.29, 0.717) is 11.1 Å². The first-order valence-electron chi connectivity index (χ1n) is 10.9. The van der Waals surface area contributed by atoms with Crippen LogP contribution in [-0.2, 0) is 15.0 Å². The van der Waals surface area contributed by atoms with Gasteiger partial charge in [-0.3, -0.25) is 9.59 Å². The van der Waals surface area contributed by atoms with Crippen molar-refractivity contribution < 1.29 is 24.9 Å². The van der Waals surface area contributed by atoms with Crippen LogP contribution in [0.4, 0.5) is 0 Å². The summed E-state index contributed by atoms with van der Waals surface area (Å²) in [6.45, 7) is 5.57. The average molecular weight is 431 g/mol. The molecule has 2 aromatic carbocycles. The van der Waals surface area contributed by atoms with Crippen LogP contribution in [0.15, 0.2) is 66.3 Å². The fourth-order valence-electron chi connectivity index (χ4n) is 6.07. The summed E-state index contributed by atoms with van der Waals surface area (Å²) in [5.74, 6) is -2.10. The first kappa shape index (κ1) is 20.7. The van der Waals surface area contributed by atoms with Gasteiger partial charge in [0, 0.05) is 22.8 Å². The molecular formula is C27H26O5. The maximum atomic E-state index is 13.9. The zero-order valence-electron chi connectivity index (χ0n) is 18.2. The van der Waals surface area contributed by atoms with Gasteiger partial charge in [-0.15, -0.1) is 0 Å². The van der Waals surface area contributed by atoms with Crippen LogP contribution in [0, 0.1) is 23.7 Å². The Balaban J connectivity index is 1.82. The van der Waals surface area contributed by atoms with Gasteiger partial charge in [-0.2, -0.15) is 0 Å². The van der Waals surface area contributed by atoms with Crippen molar-refractivity contribution in [2.24, 2.45) is 23.7 Å². The Morgan fingerprint density at radius 3 is 2.03 bits per heavy atom. The van der Waals surface area contributed by atoms with E-state index in [-0.39, 0.29) is 29.0 Å². The molecule has 6 rings (SSSR count). The van der Waals surface area contributed by atoms with Crippen LogP contribution < -0.4 is 0 Å². The van der Waals surface area contributed by atoms with Gasteiger partial charge in [-0.25, -0.2) is 0 Å². The highest BCUT2D eigenvalue weighted by Crippen LogP contribution is 2.64. The minimum absolute atomic E-state index is 0.0683. The van der Waals surface area contributed by atoms with Gasteiger partial charge in [0.25, 0.3) is 0 Å². The number of Topliss-reactive ketones (excluding diaryl/α,β-unsaturated/α-hetero) is 2. The van der Waals surface area contributed by atoms with Gasteiger partial charge in [0.2, 0.25) is 0 Å². The second-order valence-electron chi connectivity index (χ2n) is 9.72. The summed E-state index contributed by atoms with van der Waals surface area (Å²) in [5, 5.41) is 30.8. The minimum atomic E-state index is -1.64. The molecule has 5 heteroatoms. The molecule has 1 saturated carbocycles. The van der Waals surface area contributed by atoms with Crippen molar-refractivity contribution in [2.45, 2.75) is 31.8 Å². The molecule has 164 valence electrons. The Morgan fingerprint density at radius 1 is 0.906 bits per heavy atom. The summed E-state index contributed by atoms with van der Waals surface area (Å²) < 4.78 is 0. The zero-order chi connectivity index (χ0) is 23.0. The average Bonchev–Trinajstić information content (AvgIpc) is 3.06. The molecule has 1 fully saturated rings. The minimum Gasteiger partial charge on any atom is -0.508 e. The quantitative estimate of drug-likeness (QED) is 0.644. The number of phenols is 2. The summed E-state index contributed by atoms with van der Waals surface area (Å²) >= 11 is 0. The maximum absolute atomic E-state index is 13.9. The topological polar surface area (TPSA) is 94.8 Å². The molecule has 0 unspecified atom stereocenters. The van der Waals surface area contributed by atoms with E-state index < -0.39 is 28.8 Å². The number of carbonyl (C=O) groups excluding carboxylic acids is 2. The van der Waals surface area contributed by atoms with E-state index in [0.717, 1.165) is 11.1 Å². The molecule has 0 amide bonds. The van der Waals surface area contributed by atoms with Gasteiger partial charge in [-0.1, -0.05) is 55.8 Å². The van der Waals surface area contributed by atoms with Crippen LogP contribution in [0.1, 0.15) is 31.9 Å². The van der Waals surface area contributed by atoms with Crippen molar-refractivity contribution in [2.75, 3.05) is 0 Å². The Morgan fingerprint density at radius 2 is 1.47 bits per heavy atom. The van der Waals surface area contributed by atoms with Crippen LogP contribution in [-0.4, -0.2) is 32.5 Å². The van der Waals surface area contributed by atoms with Crippen LogP contribution in [0.5, 0.6) is 11.5 Å². The highest BCUT2D eigenvalue weighted by Gasteiger charge is 2.70. The Bertz CT molecular complexity index is 1180. The summed E-state index contributed by atoms with van der Waals surface area (Å²) in [6, 6.07) is 13.1. The fraction of sp³-hybridized carbons (Fsp3) is 0.333. The first-order valence-corrected chi connectivity index (χ1v) is 10.9. The number of fused-ring (bicyclic) bond motifs is 1. The van der Waals surface area contributed by atoms with Gasteiger partial charge in [0.15, 0.2) is 11.6 Å². The normalized spacial score (nSPS) is 33.3. The third kappa shape index (κ3) is 2.54. The number of aromatic hydroxyl groups is 2. The van der Waals surface area contributed by atoms with Crippen LogP contribution in [0.3, 0.4) is 0 Å². The van der Waals surface area contributed by atoms with E-state index in [1.165, 1.54) is 19.1 Å². The highest BCUT2D eigenvalue weighted by molar-refractivity contribution is 6.26. The van der Waals surface area contributed by atoms with E-state index in [9.17, 15) is 24.9 Å². The van der Waals surface area contributed by atoms with Gasteiger partial charge in [0.1, 0.15) is 17.1 Å². The lowest BCUT2D eigenvalue weighted by Gasteiger charge is -2.57. The lowest BCUT2D eigenvalue weighted by Crippen LogP contribution is -2.66. The molecule has 4 aliphatic carbocycles. The number of aliphatic hydroxyl groups is 1. The van der Waals surface area contributed by atoms with Gasteiger partial charge in [0.05, 0.1) is 5.92 Å². The third-order valence-electron chi connectivity index (χ3n) is 7.61. The molecule has 0 saturated heterocycles. The molecule has 0 heterocycles. The first-order chi connectivity index (χ1) is 15.1. The standard InChI is InChI=1S/C27H26O5/c1-14(2)19-12-21-23-24(30)20(15-4-8-17(28)9-5-15)13-27(23,16-6-10-18(29)11-7-16)22(19)25(31)26(21,3)32/h4-14,21-23,28-29,32H,1-3H3/t21-,22-,23-,26+,27+/m1/s1. The van der Waals surface area contributed by atoms with E-state index >= 15 is 0 Å².